The minimum absolute atomic E-state index is 0.0586. The Kier molecular flexibility index (Phi) is 6.30. The first-order chi connectivity index (χ1) is 13.0. The first kappa shape index (κ1) is 19.6. The molecule has 0 fully saturated rings. The summed E-state index contributed by atoms with van der Waals surface area (Å²) >= 11 is 10.9. The quantitative estimate of drug-likeness (QED) is 0.287. The normalized spacial score (nSPS) is 10.7. The molecule has 0 aliphatic carbocycles. The summed E-state index contributed by atoms with van der Waals surface area (Å²) < 4.78 is 0.909. The molecule has 1 heterocycles. The van der Waals surface area contributed by atoms with E-state index in [1.807, 2.05) is 18.2 Å². The molecule has 0 saturated carbocycles. The molecule has 6 nitrogen and oxygen atoms in total. The van der Waals surface area contributed by atoms with Gasteiger partial charge in [0.05, 0.1) is 21.2 Å². The number of anilines is 1. The van der Waals surface area contributed by atoms with E-state index in [1.54, 1.807) is 18.3 Å². The lowest BCUT2D eigenvalue weighted by Crippen LogP contribution is -2.12. The standard InChI is InChI=1S/C18H13BrClN3O3S/c19-13-4-5-15(18-12(13)2-1-8-21-18)22-17(24)7-9-27-16-6-3-11(23(25)26)10-14(16)20/h1-6,8,10H,7,9H2,(H,22,24). The van der Waals surface area contributed by atoms with Gasteiger partial charge in [-0.05, 0) is 24.3 Å². The Morgan fingerprint density at radius 1 is 1.30 bits per heavy atom. The van der Waals surface area contributed by atoms with E-state index >= 15 is 0 Å². The number of carbonyl (C=O) groups excluding carboxylic acids is 1. The molecule has 1 N–H and O–H groups in total. The van der Waals surface area contributed by atoms with Crippen molar-refractivity contribution in [3.8, 4) is 0 Å². The van der Waals surface area contributed by atoms with Gasteiger partial charge in [-0.1, -0.05) is 33.6 Å². The van der Waals surface area contributed by atoms with Gasteiger partial charge in [-0.25, -0.2) is 0 Å². The van der Waals surface area contributed by atoms with Crippen molar-refractivity contribution in [2.24, 2.45) is 0 Å². The van der Waals surface area contributed by atoms with Crippen LogP contribution in [-0.2, 0) is 4.79 Å². The zero-order valence-electron chi connectivity index (χ0n) is 13.8. The van der Waals surface area contributed by atoms with Gasteiger partial charge in [0.25, 0.3) is 5.69 Å². The lowest BCUT2D eigenvalue weighted by atomic mass is 10.2. The highest BCUT2D eigenvalue weighted by atomic mass is 79.9. The zero-order valence-corrected chi connectivity index (χ0v) is 17.0. The molecule has 0 aliphatic heterocycles. The number of nitro groups is 1. The number of nitrogens with one attached hydrogen (secondary N) is 1. The van der Waals surface area contributed by atoms with Crippen molar-refractivity contribution in [1.82, 2.24) is 4.98 Å². The van der Waals surface area contributed by atoms with Crippen LogP contribution in [0, 0.1) is 10.1 Å². The summed E-state index contributed by atoms with van der Waals surface area (Å²) in [7, 11) is 0. The number of benzene rings is 2. The van der Waals surface area contributed by atoms with Crippen LogP contribution in [-0.4, -0.2) is 21.6 Å². The van der Waals surface area contributed by atoms with Gasteiger partial charge < -0.3 is 5.32 Å². The number of amides is 1. The highest BCUT2D eigenvalue weighted by molar-refractivity contribution is 9.10. The maximum absolute atomic E-state index is 12.3. The van der Waals surface area contributed by atoms with Crippen molar-refractivity contribution in [1.29, 1.82) is 0 Å². The number of non-ortho nitro benzene ring substituents is 1. The number of nitrogens with zero attached hydrogens (tertiary/aromatic N) is 2. The molecular formula is C18H13BrClN3O3S. The highest BCUT2D eigenvalue weighted by Crippen LogP contribution is 2.31. The monoisotopic (exact) mass is 465 g/mol. The number of nitro benzene ring substituents is 1. The van der Waals surface area contributed by atoms with Gasteiger partial charge >= 0.3 is 0 Å². The Morgan fingerprint density at radius 3 is 2.85 bits per heavy atom. The third kappa shape index (κ3) is 4.77. The first-order valence-corrected chi connectivity index (χ1v) is 10.0. The van der Waals surface area contributed by atoms with Gasteiger partial charge in [-0.15, -0.1) is 11.8 Å². The van der Waals surface area contributed by atoms with Crippen molar-refractivity contribution < 1.29 is 9.72 Å². The predicted octanol–water partition coefficient (Wildman–Crippen LogP) is 5.68. The summed E-state index contributed by atoms with van der Waals surface area (Å²) in [5.41, 5.74) is 1.31. The van der Waals surface area contributed by atoms with E-state index < -0.39 is 4.92 Å². The molecule has 0 atom stereocenters. The highest BCUT2D eigenvalue weighted by Gasteiger charge is 2.12. The average Bonchev–Trinajstić information content (AvgIpc) is 2.65. The first-order valence-electron chi connectivity index (χ1n) is 7.85. The zero-order chi connectivity index (χ0) is 19.4. The van der Waals surface area contributed by atoms with E-state index in [0.29, 0.717) is 26.9 Å². The number of hydrogen-bond donors (Lipinski definition) is 1. The molecule has 27 heavy (non-hydrogen) atoms. The van der Waals surface area contributed by atoms with Gasteiger partial charge in [-0.2, -0.15) is 0 Å². The summed E-state index contributed by atoms with van der Waals surface area (Å²) in [5, 5.41) is 14.8. The van der Waals surface area contributed by atoms with Crippen LogP contribution >= 0.6 is 39.3 Å². The van der Waals surface area contributed by atoms with E-state index in [-0.39, 0.29) is 18.0 Å². The smallest absolute Gasteiger partial charge is 0.270 e. The van der Waals surface area contributed by atoms with Gasteiger partial charge in [0.15, 0.2) is 0 Å². The van der Waals surface area contributed by atoms with Crippen LogP contribution in [0.4, 0.5) is 11.4 Å². The number of thioether (sulfide) groups is 1. The summed E-state index contributed by atoms with van der Waals surface area (Å²) in [6.45, 7) is 0. The Hall–Kier alpha value is -2.16. The van der Waals surface area contributed by atoms with Crippen LogP contribution in [0.25, 0.3) is 10.9 Å². The number of rotatable bonds is 6. The summed E-state index contributed by atoms with van der Waals surface area (Å²) in [4.78, 5) is 27.5. The minimum Gasteiger partial charge on any atom is -0.324 e. The molecule has 3 aromatic rings. The van der Waals surface area contributed by atoms with Crippen molar-refractivity contribution in [3.63, 3.8) is 0 Å². The molecule has 0 bridgehead atoms. The lowest BCUT2D eigenvalue weighted by molar-refractivity contribution is -0.384. The second-order valence-corrected chi connectivity index (χ2v) is 7.91. The molecule has 0 unspecified atom stereocenters. The largest absolute Gasteiger partial charge is 0.324 e. The van der Waals surface area contributed by atoms with Crippen molar-refractivity contribution in [2.45, 2.75) is 11.3 Å². The van der Waals surface area contributed by atoms with E-state index in [0.717, 1.165) is 9.86 Å². The van der Waals surface area contributed by atoms with Gasteiger partial charge in [0, 0.05) is 45.3 Å². The van der Waals surface area contributed by atoms with Crippen LogP contribution in [0.5, 0.6) is 0 Å². The average molecular weight is 467 g/mol. The molecule has 138 valence electrons. The second-order valence-electron chi connectivity index (χ2n) is 5.51. The fourth-order valence-corrected chi connectivity index (χ4v) is 4.08. The maximum Gasteiger partial charge on any atom is 0.270 e. The minimum atomic E-state index is -0.496. The SMILES string of the molecule is O=C(CCSc1ccc([N+](=O)[O-])cc1Cl)Nc1ccc(Br)c2cccnc12. The molecule has 1 amide bonds. The van der Waals surface area contributed by atoms with E-state index in [9.17, 15) is 14.9 Å². The Labute approximate surface area is 172 Å². The Balaban J connectivity index is 1.61. The molecule has 0 radical (unpaired) electrons. The third-order valence-electron chi connectivity index (χ3n) is 3.70. The molecule has 1 aromatic heterocycles. The van der Waals surface area contributed by atoms with Crippen LogP contribution in [0.15, 0.2) is 58.0 Å². The van der Waals surface area contributed by atoms with Gasteiger partial charge in [0.1, 0.15) is 0 Å². The topological polar surface area (TPSA) is 85.1 Å². The van der Waals surface area contributed by atoms with E-state index in [2.05, 4.69) is 26.2 Å². The van der Waals surface area contributed by atoms with Crippen molar-refractivity contribution in [3.05, 3.63) is 68.3 Å². The molecular weight excluding hydrogens is 454 g/mol. The molecule has 0 aliphatic rings. The van der Waals surface area contributed by atoms with Crippen LogP contribution in [0.3, 0.4) is 0 Å². The summed E-state index contributed by atoms with van der Waals surface area (Å²) in [6, 6.07) is 11.7. The van der Waals surface area contributed by atoms with Crippen LogP contribution in [0.2, 0.25) is 5.02 Å². The lowest BCUT2D eigenvalue weighted by Gasteiger charge is -2.09. The predicted molar refractivity (Wildman–Crippen MR) is 112 cm³/mol. The number of fused-ring (bicyclic) bond motifs is 1. The molecule has 0 saturated heterocycles. The molecule has 3 rings (SSSR count). The number of aromatic nitrogens is 1. The Bertz CT molecular complexity index is 1030. The molecule has 0 spiro atoms. The maximum atomic E-state index is 12.3. The second kappa shape index (κ2) is 8.69. The van der Waals surface area contributed by atoms with Gasteiger partial charge in [0.2, 0.25) is 5.91 Å². The number of hydrogen-bond acceptors (Lipinski definition) is 5. The van der Waals surface area contributed by atoms with Crippen LogP contribution in [0.1, 0.15) is 6.42 Å². The molecule has 9 heteroatoms. The van der Waals surface area contributed by atoms with E-state index in [1.165, 1.54) is 23.9 Å². The Morgan fingerprint density at radius 2 is 2.11 bits per heavy atom. The fourth-order valence-electron chi connectivity index (χ4n) is 2.43. The number of halogens is 2. The van der Waals surface area contributed by atoms with E-state index in [4.69, 9.17) is 11.6 Å². The third-order valence-corrected chi connectivity index (χ3v) is 5.90. The van der Waals surface area contributed by atoms with Crippen molar-refractivity contribution in [2.75, 3.05) is 11.1 Å². The summed E-state index contributed by atoms with van der Waals surface area (Å²) in [5.74, 6) is 0.348. The molecule has 2 aromatic carbocycles. The van der Waals surface area contributed by atoms with Crippen molar-refractivity contribution >= 4 is 67.5 Å². The fraction of sp³-hybridized carbons (Fsp3) is 0.111. The summed E-state index contributed by atoms with van der Waals surface area (Å²) in [6.07, 6.45) is 1.94. The number of pyridine rings is 1. The van der Waals surface area contributed by atoms with Crippen LogP contribution < -0.4 is 5.32 Å². The van der Waals surface area contributed by atoms with Gasteiger partial charge in [-0.3, -0.25) is 19.9 Å². The number of carbonyl (C=O) groups is 1.